The van der Waals surface area contributed by atoms with Gasteiger partial charge in [-0.15, -0.1) is 0 Å². The molecule has 34 heavy (non-hydrogen) atoms. The van der Waals surface area contributed by atoms with Gasteiger partial charge in [0.1, 0.15) is 16.5 Å². The van der Waals surface area contributed by atoms with Crippen LogP contribution < -0.4 is 5.73 Å². The average molecular weight is 489 g/mol. The third kappa shape index (κ3) is 5.94. The Morgan fingerprint density at radius 2 is 1.82 bits per heavy atom. The van der Waals surface area contributed by atoms with E-state index in [0.717, 1.165) is 9.87 Å². The summed E-state index contributed by atoms with van der Waals surface area (Å²) >= 11 is 0. The number of phenols is 1. The van der Waals surface area contributed by atoms with E-state index in [9.17, 15) is 18.3 Å². The Morgan fingerprint density at radius 3 is 2.41 bits per heavy atom. The smallest absolute Gasteiger partial charge is 0.247 e. The summed E-state index contributed by atoms with van der Waals surface area (Å²) in [7, 11) is -4.26. The number of carbonyl (C=O) groups is 1. The summed E-state index contributed by atoms with van der Waals surface area (Å²) in [6.45, 7) is 5.48. The normalized spacial score (nSPS) is 14.5. The molecule has 1 aliphatic rings. The Morgan fingerprint density at radius 1 is 1.18 bits per heavy atom. The van der Waals surface area contributed by atoms with Gasteiger partial charge in [-0.2, -0.15) is 4.31 Å². The molecule has 0 aromatic heterocycles. The van der Waals surface area contributed by atoms with Crippen molar-refractivity contribution in [2.24, 2.45) is 5.73 Å². The fraction of sp³-hybridized carbons (Fsp3) is 0.417. The van der Waals surface area contributed by atoms with E-state index in [1.165, 1.54) is 23.8 Å². The molecule has 0 radical (unpaired) electrons. The number of amidine groups is 1. The number of nitrogens with zero attached hydrogens (tertiary/aromatic N) is 2. The monoisotopic (exact) mass is 488 g/mol. The van der Waals surface area contributed by atoms with Crippen LogP contribution in [0.15, 0.2) is 47.4 Å². The molecule has 4 N–H and O–H groups in total. The van der Waals surface area contributed by atoms with Gasteiger partial charge >= 0.3 is 0 Å². The lowest BCUT2D eigenvalue weighted by Crippen LogP contribution is -2.47. The Hall–Kier alpha value is -2.95. The maximum Gasteiger partial charge on any atom is 0.247 e. The first kappa shape index (κ1) is 25.7. The Balaban J connectivity index is 1.89. The number of para-hydroxylation sites is 1. The van der Waals surface area contributed by atoms with E-state index in [4.69, 9.17) is 15.9 Å². The van der Waals surface area contributed by atoms with Crippen molar-refractivity contribution >= 4 is 21.8 Å². The first-order valence-corrected chi connectivity index (χ1v) is 12.7. The van der Waals surface area contributed by atoms with Crippen molar-refractivity contribution in [3.8, 4) is 5.75 Å². The van der Waals surface area contributed by atoms with Gasteiger partial charge < -0.3 is 20.5 Å². The Bertz CT molecular complexity index is 1130. The first-order chi connectivity index (χ1) is 16.1. The molecule has 10 heteroatoms. The van der Waals surface area contributed by atoms with Crippen molar-refractivity contribution in [2.75, 3.05) is 39.4 Å². The summed E-state index contributed by atoms with van der Waals surface area (Å²) in [5.41, 5.74) is 7.53. The van der Waals surface area contributed by atoms with Gasteiger partial charge in [-0.25, -0.2) is 8.42 Å². The summed E-state index contributed by atoms with van der Waals surface area (Å²) in [6.07, 6.45) is 0.390. The van der Waals surface area contributed by atoms with E-state index in [1.807, 2.05) is 24.3 Å². The second-order valence-corrected chi connectivity index (χ2v) is 10.5. The molecule has 1 heterocycles. The number of rotatable bonds is 9. The number of aromatic hydroxyl groups is 1. The SMILES string of the molecule is CC(C)c1ccc(CCN(CC(=O)N2CCOCC2)S(=O)(=O)c2cccc(C(=N)N)c2O)cc1. The van der Waals surface area contributed by atoms with Gasteiger partial charge in [-0.1, -0.05) is 44.2 Å². The number of phenolic OH excluding ortho intramolecular Hbond substituents is 1. The van der Waals surface area contributed by atoms with E-state index >= 15 is 0 Å². The quantitative estimate of drug-likeness (QED) is 0.364. The molecule has 0 unspecified atom stereocenters. The average Bonchev–Trinajstić information content (AvgIpc) is 2.82. The van der Waals surface area contributed by atoms with E-state index in [2.05, 4.69) is 13.8 Å². The number of morpholine rings is 1. The summed E-state index contributed by atoms with van der Waals surface area (Å²) < 4.78 is 33.5. The fourth-order valence-corrected chi connectivity index (χ4v) is 5.25. The molecular formula is C24H32N4O5S. The predicted octanol–water partition coefficient (Wildman–Crippen LogP) is 1.89. The zero-order chi connectivity index (χ0) is 24.9. The summed E-state index contributed by atoms with van der Waals surface area (Å²) in [5.74, 6) is -0.992. The van der Waals surface area contributed by atoms with E-state index < -0.39 is 21.6 Å². The Kier molecular flexibility index (Phi) is 8.29. The lowest BCUT2D eigenvalue weighted by Gasteiger charge is -2.30. The second-order valence-electron chi connectivity index (χ2n) is 8.54. The molecule has 2 aromatic carbocycles. The lowest BCUT2D eigenvalue weighted by atomic mass is 10.0. The van der Waals surface area contributed by atoms with Crippen LogP contribution in [0.2, 0.25) is 0 Å². The van der Waals surface area contributed by atoms with E-state index in [1.54, 1.807) is 4.90 Å². The van der Waals surface area contributed by atoms with Crippen molar-refractivity contribution in [3.63, 3.8) is 0 Å². The molecule has 0 aliphatic carbocycles. The van der Waals surface area contributed by atoms with Crippen LogP contribution in [-0.4, -0.2) is 73.9 Å². The molecule has 1 saturated heterocycles. The summed E-state index contributed by atoms with van der Waals surface area (Å²) in [4.78, 5) is 14.1. The van der Waals surface area contributed by atoms with Gasteiger partial charge in [0.2, 0.25) is 15.9 Å². The predicted molar refractivity (Wildman–Crippen MR) is 130 cm³/mol. The largest absolute Gasteiger partial charge is 0.506 e. The number of hydrogen-bond acceptors (Lipinski definition) is 6. The molecule has 0 atom stereocenters. The number of hydrogen-bond donors (Lipinski definition) is 3. The number of benzene rings is 2. The van der Waals surface area contributed by atoms with Crippen LogP contribution in [0.5, 0.6) is 5.75 Å². The highest BCUT2D eigenvalue weighted by Crippen LogP contribution is 2.29. The van der Waals surface area contributed by atoms with Crippen molar-refractivity contribution in [3.05, 3.63) is 59.2 Å². The number of nitrogens with one attached hydrogen (secondary N) is 1. The molecule has 2 aromatic rings. The molecule has 1 aliphatic heterocycles. The van der Waals surface area contributed by atoms with Gasteiger partial charge in [0.25, 0.3) is 0 Å². The number of carbonyl (C=O) groups excluding carboxylic acids is 1. The van der Waals surface area contributed by atoms with Gasteiger partial charge in [0, 0.05) is 19.6 Å². The fourth-order valence-electron chi connectivity index (χ4n) is 3.76. The van der Waals surface area contributed by atoms with Crippen LogP contribution in [-0.2, 0) is 26.0 Å². The molecule has 1 amide bonds. The van der Waals surface area contributed by atoms with Crippen molar-refractivity contribution in [2.45, 2.75) is 31.1 Å². The highest BCUT2D eigenvalue weighted by Gasteiger charge is 2.32. The molecule has 1 fully saturated rings. The van der Waals surface area contributed by atoms with Crippen molar-refractivity contribution in [1.29, 1.82) is 5.41 Å². The second kappa shape index (κ2) is 11.0. The minimum absolute atomic E-state index is 0.0448. The van der Waals surface area contributed by atoms with Crippen LogP contribution in [0.3, 0.4) is 0 Å². The maximum absolute atomic E-state index is 13.6. The lowest BCUT2D eigenvalue weighted by molar-refractivity contribution is -0.135. The number of nitrogens with two attached hydrogens (primary N) is 1. The topological polar surface area (TPSA) is 137 Å². The van der Waals surface area contributed by atoms with E-state index in [0.29, 0.717) is 38.6 Å². The zero-order valence-electron chi connectivity index (χ0n) is 19.5. The summed E-state index contributed by atoms with van der Waals surface area (Å²) in [5, 5.41) is 18.2. The number of nitrogen functional groups attached to an aromatic ring is 1. The molecular weight excluding hydrogens is 456 g/mol. The number of ether oxygens (including phenoxy) is 1. The third-order valence-electron chi connectivity index (χ3n) is 5.88. The molecule has 3 rings (SSSR count). The zero-order valence-corrected chi connectivity index (χ0v) is 20.3. The van der Waals surface area contributed by atoms with Crippen LogP contribution >= 0.6 is 0 Å². The standard InChI is InChI=1S/C24H32N4O5S/c1-17(2)19-8-6-18(7-9-19)10-11-28(16-22(29)27-12-14-33-15-13-27)34(31,32)21-5-3-4-20(23(21)30)24(25)26/h3-9,17,30H,10-16H2,1-2H3,(H3,25,26). The number of sulfonamides is 1. The van der Waals surface area contributed by atoms with Gasteiger partial charge in [0.15, 0.2) is 0 Å². The van der Waals surface area contributed by atoms with Crippen LogP contribution in [0, 0.1) is 5.41 Å². The van der Waals surface area contributed by atoms with E-state index in [-0.39, 0.29) is 29.5 Å². The molecule has 0 saturated carbocycles. The van der Waals surface area contributed by atoms with Crippen molar-refractivity contribution in [1.82, 2.24) is 9.21 Å². The highest BCUT2D eigenvalue weighted by atomic mass is 32.2. The number of amides is 1. The van der Waals surface area contributed by atoms with Crippen LogP contribution in [0.25, 0.3) is 0 Å². The first-order valence-electron chi connectivity index (χ1n) is 11.2. The van der Waals surface area contributed by atoms with Gasteiger partial charge in [-0.05, 0) is 35.6 Å². The van der Waals surface area contributed by atoms with Crippen LogP contribution in [0.1, 0.15) is 36.5 Å². The highest BCUT2D eigenvalue weighted by molar-refractivity contribution is 7.89. The summed E-state index contributed by atoms with van der Waals surface area (Å²) in [6, 6.07) is 12.0. The maximum atomic E-state index is 13.6. The van der Waals surface area contributed by atoms with Gasteiger partial charge in [-0.3, -0.25) is 10.2 Å². The Labute approximate surface area is 200 Å². The van der Waals surface area contributed by atoms with Crippen LogP contribution in [0.4, 0.5) is 0 Å². The molecule has 9 nitrogen and oxygen atoms in total. The van der Waals surface area contributed by atoms with Gasteiger partial charge in [0.05, 0.1) is 25.3 Å². The molecule has 184 valence electrons. The third-order valence-corrected chi connectivity index (χ3v) is 7.76. The minimum atomic E-state index is -4.26. The minimum Gasteiger partial charge on any atom is -0.506 e. The molecule has 0 spiro atoms. The molecule has 0 bridgehead atoms. The van der Waals surface area contributed by atoms with Crippen molar-refractivity contribution < 1.29 is 23.1 Å².